The van der Waals surface area contributed by atoms with Gasteiger partial charge in [0.25, 0.3) is 5.97 Å². The maximum absolute atomic E-state index is 9.00. The number of guanidine groups is 1. The molecule has 0 aliphatic rings. The molecule has 10 heavy (non-hydrogen) atoms. The first kappa shape index (κ1) is 11.5. The van der Waals surface area contributed by atoms with Crippen LogP contribution in [-0.2, 0) is 4.79 Å². The molecule has 7 heteroatoms. The summed E-state index contributed by atoms with van der Waals surface area (Å²) in [6.45, 7) is 1.08. The number of carboxylic acid groups (broad SMARTS) is 1. The standard InChI is InChI=1S/C2H4O2.CH7N5/c1-2(3)4;2-1(3)6(4)5/h1H3,(H,3,4);4-5H2,(H3,2,3). The molecule has 60 valence electrons. The highest BCUT2D eigenvalue weighted by atomic mass is 16.4. The topological polar surface area (TPSA) is 142 Å². The molecule has 0 spiro atoms. The van der Waals surface area contributed by atoms with E-state index in [-0.39, 0.29) is 5.96 Å². The summed E-state index contributed by atoms with van der Waals surface area (Å²) in [6, 6.07) is 0. The smallest absolute Gasteiger partial charge is 0.300 e. The fraction of sp³-hybridized carbons (Fsp3) is 0.333. The van der Waals surface area contributed by atoms with Gasteiger partial charge in [-0.25, -0.2) is 16.8 Å². The Morgan fingerprint density at radius 3 is 1.70 bits per heavy atom. The van der Waals surface area contributed by atoms with E-state index in [4.69, 9.17) is 32.7 Å². The van der Waals surface area contributed by atoms with E-state index in [0.29, 0.717) is 5.12 Å². The van der Waals surface area contributed by atoms with Crippen molar-refractivity contribution in [1.29, 1.82) is 5.41 Å². The number of nitrogens with two attached hydrogens (primary N) is 3. The van der Waals surface area contributed by atoms with Crippen LogP contribution in [0.1, 0.15) is 6.92 Å². The molecule has 0 aromatic heterocycles. The molecule has 0 aromatic rings. The van der Waals surface area contributed by atoms with E-state index < -0.39 is 5.97 Å². The molecule has 7 nitrogen and oxygen atoms in total. The number of hydrogen-bond acceptors (Lipinski definition) is 4. The van der Waals surface area contributed by atoms with Gasteiger partial charge in [0.1, 0.15) is 0 Å². The number of hydrogen-bond donors (Lipinski definition) is 5. The highest BCUT2D eigenvalue weighted by Crippen LogP contribution is 1.48. The normalized spacial score (nSPS) is 7.10. The predicted octanol–water partition coefficient (Wildman–Crippen LogP) is -1.98. The Labute approximate surface area is 57.8 Å². The first-order valence-electron chi connectivity index (χ1n) is 2.21. The number of rotatable bonds is 0. The fourth-order valence-corrected chi connectivity index (χ4v) is 0. The van der Waals surface area contributed by atoms with Crippen molar-refractivity contribution < 1.29 is 9.90 Å². The number of nitrogens with one attached hydrogen (secondary N) is 1. The molecule has 0 radical (unpaired) electrons. The molecule has 0 saturated heterocycles. The van der Waals surface area contributed by atoms with Gasteiger partial charge in [-0.1, -0.05) is 0 Å². The van der Waals surface area contributed by atoms with Crippen LogP contribution in [0, 0.1) is 5.41 Å². The third-order valence-corrected chi connectivity index (χ3v) is 0.278. The maximum Gasteiger partial charge on any atom is 0.300 e. The van der Waals surface area contributed by atoms with E-state index in [1.807, 2.05) is 0 Å². The Hall–Kier alpha value is -1.34. The van der Waals surface area contributed by atoms with E-state index in [1.165, 1.54) is 0 Å². The van der Waals surface area contributed by atoms with E-state index in [0.717, 1.165) is 6.92 Å². The Morgan fingerprint density at radius 1 is 1.60 bits per heavy atom. The van der Waals surface area contributed by atoms with Crippen molar-refractivity contribution in [2.45, 2.75) is 6.92 Å². The summed E-state index contributed by atoms with van der Waals surface area (Å²) in [6.07, 6.45) is 0. The predicted molar refractivity (Wildman–Crippen MR) is 35.4 cm³/mol. The summed E-state index contributed by atoms with van der Waals surface area (Å²) in [5.41, 5.74) is 4.69. The number of hydrazine groups is 2. The van der Waals surface area contributed by atoms with Crippen molar-refractivity contribution in [3.05, 3.63) is 0 Å². The minimum absolute atomic E-state index is 0.352. The zero-order valence-corrected chi connectivity index (χ0v) is 5.53. The summed E-state index contributed by atoms with van der Waals surface area (Å²) in [5.74, 6) is 8.21. The zero-order chi connectivity index (χ0) is 8.73. The molecule has 0 aromatic carbocycles. The lowest BCUT2D eigenvalue weighted by molar-refractivity contribution is -0.134. The molecular formula is C3H11N5O2. The van der Waals surface area contributed by atoms with Gasteiger partial charge in [0.05, 0.1) is 0 Å². The molecule has 0 bridgehead atoms. The molecule has 0 aliphatic carbocycles. The van der Waals surface area contributed by atoms with Crippen molar-refractivity contribution in [1.82, 2.24) is 5.12 Å². The highest BCUT2D eigenvalue weighted by Gasteiger charge is 1.84. The molecule has 0 fully saturated rings. The highest BCUT2D eigenvalue weighted by molar-refractivity contribution is 5.73. The SMILES string of the molecule is CC(=O)O.N=C(N)N(N)N. The number of aliphatic carboxylic acids is 1. The van der Waals surface area contributed by atoms with Gasteiger partial charge < -0.3 is 10.8 Å². The third-order valence-electron chi connectivity index (χ3n) is 0.278. The number of carboxylic acids is 1. The molecule has 0 aliphatic heterocycles. The zero-order valence-electron chi connectivity index (χ0n) is 5.53. The average Bonchev–Trinajstić information content (AvgIpc) is 1.63. The van der Waals surface area contributed by atoms with Crippen LogP contribution >= 0.6 is 0 Å². The van der Waals surface area contributed by atoms with Crippen molar-refractivity contribution in [2.24, 2.45) is 17.4 Å². The van der Waals surface area contributed by atoms with E-state index in [9.17, 15) is 0 Å². The summed E-state index contributed by atoms with van der Waals surface area (Å²) in [4.78, 5) is 9.00. The van der Waals surface area contributed by atoms with Gasteiger partial charge in [0.2, 0.25) is 5.96 Å². The lowest BCUT2D eigenvalue weighted by Crippen LogP contribution is -2.47. The van der Waals surface area contributed by atoms with Crippen molar-refractivity contribution in [3.63, 3.8) is 0 Å². The van der Waals surface area contributed by atoms with E-state index in [1.54, 1.807) is 0 Å². The maximum atomic E-state index is 9.00. The van der Waals surface area contributed by atoms with Crippen LogP contribution in [-0.4, -0.2) is 22.2 Å². The van der Waals surface area contributed by atoms with E-state index >= 15 is 0 Å². The molecule has 0 heterocycles. The molecule has 8 N–H and O–H groups in total. The van der Waals surface area contributed by atoms with E-state index in [2.05, 4.69) is 0 Å². The Bertz CT molecular complexity index is 118. The number of carbonyl (C=O) groups is 1. The van der Waals surface area contributed by atoms with Gasteiger partial charge in [-0.05, 0) is 0 Å². The van der Waals surface area contributed by atoms with Crippen LogP contribution in [0.25, 0.3) is 0 Å². The van der Waals surface area contributed by atoms with Gasteiger partial charge >= 0.3 is 0 Å². The van der Waals surface area contributed by atoms with Crippen LogP contribution in [0.15, 0.2) is 0 Å². The van der Waals surface area contributed by atoms with Gasteiger partial charge in [-0.2, -0.15) is 0 Å². The first-order valence-corrected chi connectivity index (χ1v) is 2.21. The third kappa shape index (κ3) is 30.2. The van der Waals surface area contributed by atoms with Gasteiger partial charge in [-0.3, -0.25) is 10.2 Å². The summed E-state index contributed by atoms with van der Waals surface area (Å²) >= 11 is 0. The minimum atomic E-state index is -0.833. The Balaban J connectivity index is 0. The first-order chi connectivity index (χ1) is 4.37. The van der Waals surface area contributed by atoms with Crippen LogP contribution < -0.4 is 17.4 Å². The molecule has 0 rings (SSSR count). The quantitative estimate of drug-likeness (QED) is 0.117. The Kier molecular flexibility index (Phi) is 6.63. The molecule has 0 atom stereocenters. The Morgan fingerprint density at radius 2 is 1.70 bits per heavy atom. The van der Waals surface area contributed by atoms with Crippen LogP contribution in [0.4, 0.5) is 0 Å². The monoisotopic (exact) mass is 149 g/mol. The van der Waals surface area contributed by atoms with Crippen molar-refractivity contribution in [2.75, 3.05) is 0 Å². The van der Waals surface area contributed by atoms with Crippen molar-refractivity contribution in [3.8, 4) is 0 Å². The second-order valence-electron chi connectivity index (χ2n) is 1.31. The summed E-state index contributed by atoms with van der Waals surface area (Å²) in [7, 11) is 0. The molecular weight excluding hydrogens is 138 g/mol. The van der Waals surface area contributed by atoms with Crippen molar-refractivity contribution >= 4 is 11.9 Å². The second-order valence-corrected chi connectivity index (χ2v) is 1.31. The van der Waals surface area contributed by atoms with Gasteiger partial charge in [0.15, 0.2) is 0 Å². The van der Waals surface area contributed by atoms with Crippen LogP contribution in [0.5, 0.6) is 0 Å². The largest absolute Gasteiger partial charge is 0.481 e. The van der Waals surface area contributed by atoms with Crippen LogP contribution in [0.2, 0.25) is 0 Å². The lowest BCUT2D eigenvalue weighted by atomic mass is 10.9. The minimum Gasteiger partial charge on any atom is -0.481 e. The summed E-state index contributed by atoms with van der Waals surface area (Å²) < 4.78 is 0. The van der Waals surface area contributed by atoms with Crippen LogP contribution in [0.3, 0.4) is 0 Å². The lowest BCUT2D eigenvalue weighted by Gasteiger charge is -2.04. The summed E-state index contributed by atoms with van der Waals surface area (Å²) in [5, 5.41) is 14.3. The molecule has 0 unspecified atom stereocenters. The number of nitrogens with zero attached hydrogens (tertiary/aromatic N) is 1. The average molecular weight is 149 g/mol. The van der Waals surface area contributed by atoms with Gasteiger partial charge in [-0.15, -0.1) is 0 Å². The molecule has 0 amide bonds. The molecule has 0 saturated carbocycles. The van der Waals surface area contributed by atoms with Gasteiger partial charge in [0, 0.05) is 6.92 Å². The second kappa shape index (κ2) is 5.79. The fourth-order valence-electron chi connectivity index (χ4n) is 0.